The summed E-state index contributed by atoms with van der Waals surface area (Å²) >= 11 is 0. The molecule has 0 spiro atoms. The molecule has 0 bridgehead atoms. The van der Waals surface area contributed by atoms with Crippen molar-refractivity contribution < 1.29 is 31.8 Å². The lowest BCUT2D eigenvalue weighted by atomic mass is 10.0. The average molecular weight is 517 g/mol. The molecular formula is C26H29FN2O6S. The molecule has 0 aliphatic carbocycles. The molecule has 1 amide bonds. The fourth-order valence-corrected chi connectivity index (χ4v) is 5.09. The zero-order valence-corrected chi connectivity index (χ0v) is 21.3. The fraction of sp³-hybridized carbons (Fsp3) is 0.269. The highest BCUT2D eigenvalue weighted by molar-refractivity contribution is 7.92. The van der Waals surface area contributed by atoms with Gasteiger partial charge in [-0.1, -0.05) is 19.1 Å². The first-order chi connectivity index (χ1) is 17.2. The number of halogens is 1. The molecule has 3 aromatic rings. The van der Waals surface area contributed by atoms with Crippen LogP contribution in [-0.2, 0) is 14.8 Å². The minimum absolute atomic E-state index is 0.112. The number of hydrogen-bond acceptors (Lipinski definition) is 6. The van der Waals surface area contributed by atoms with E-state index in [1.807, 2.05) is 19.1 Å². The molecule has 0 aliphatic rings. The topological polar surface area (TPSA) is 94.2 Å². The molecule has 0 unspecified atom stereocenters. The van der Waals surface area contributed by atoms with Crippen LogP contribution in [0.3, 0.4) is 0 Å². The monoisotopic (exact) mass is 516 g/mol. The number of methoxy groups -OCH3 is 3. The quantitative estimate of drug-likeness (QED) is 0.408. The summed E-state index contributed by atoms with van der Waals surface area (Å²) in [6, 6.07) is 15.9. The van der Waals surface area contributed by atoms with Gasteiger partial charge in [0, 0.05) is 6.07 Å². The summed E-state index contributed by atoms with van der Waals surface area (Å²) in [7, 11) is 0.160. The molecule has 0 saturated heterocycles. The number of rotatable bonds is 11. The number of anilines is 1. The third-order valence-electron chi connectivity index (χ3n) is 5.61. The van der Waals surface area contributed by atoms with Gasteiger partial charge in [0.05, 0.1) is 38.0 Å². The van der Waals surface area contributed by atoms with Gasteiger partial charge in [-0.2, -0.15) is 0 Å². The lowest BCUT2D eigenvalue weighted by molar-refractivity contribution is -0.120. The lowest BCUT2D eigenvalue weighted by Gasteiger charge is -2.26. The van der Waals surface area contributed by atoms with Crippen LogP contribution in [0.2, 0.25) is 0 Å². The first-order valence-electron chi connectivity index (χ1n) is 11.2. The summed E-state index contributed by atoms with van der Waals surface area (Å²) in [6.07, 6.45) is 0.580. The Labute approximate surface area is 210 Å². The van der Waals surface area contributed by atoms with Crippen LogP contribution in [0.1, 0.15) is 24.9 Å². The predicted octanol–water partition coefficient (Wildman–Crippen LogP) is 4.31. The summed E-state index contributed by atoms with van der Waals surface area (Å²) in [5.74, 6) is 0.201. The van der Waals surface area contributed by atoms with Gasteiger partial charge in [0.1, 0.15) is 18.1 Å². The Morgan fingerprint density at radius 3 is 2.11 bits per heavy atom. The van der Waals surface area contributed by atoms with Crippen molar-refractivity contribution >= 4 is 21.6 Å². The molecule has 0 fully saturated rings. The van der Waals surface area contributed by atoms with Gasteiger partial charge >= 0.3 is 0 Å². The number of nitrogens with zero attached hydrogens (tertiary/aromatic N) is 1. The van der Waals surface area contributed by atoms with Crippen molar-refractivity contribution in [3.05, 3.63) is 78.1 Å². The van der Waals surface area contributed by atoms with Gasteiger partial charge in [-0.3, -0.25) is 9.10 Å². The summed E-state index contributed by atoms with van der Waals surface area (Å²) in [6.45, 7) is 1.39. The number of ether oxygens (including phenoxy) is 3. The third-order valence-corrected chi connectivity index (χ3v) is 7.38. The Hall–Kier alpha value is -3.79. The molecule has 0 aliphatic heterocycles. The van der Waals surface area contributed by atoms with Crippen LogP contribution >= 0.6 is 0 Å². The van der Waals surface area contributed by atoms with Crippen molar-refractivity contribution in [1.29, 1.82) is 0 Å². The van der Waals surface area contributed by atoms with Crippen LogP contribution in [0.25, 0.3) is 0 Å². The molecule has 3 aromatic carbocycles. The maximum atomic E-state index is 13.7. The number of carbonyl (C=O) groups excluding carboxylic acids is 1. The van der Waals surface area contributed by atoms with E-state index in [0.717, 1.165) is 22.0 Å². The van der Waals surface area contributed by atoms with E-state index in [2.05, 4.69) is 5.32 Å². The first kappa shape index (κ1) is 26.8. The Morgan fingerprint density at radius 2 is 1.56 bits per heavy atom. The number of nitrogens with one attached hydrogen (secondary N) is 1. The zero-order chi connectivity index (χ0) is 26.3. The molecular weight excluding hydrogens is 487 g/mol. The maximum Gasteiger partial charge on any atom is 0.264 e. The summed E-state index contributed by atoms with van der Waals surface area (Å²) in [5, 5.41) is 2.89. The van der Waals surface area contributed by atoms with E-state index in [-0.39, 0.29) is 22.4 Å². The van der Waals surface area contributed by atoms with Gasteiger partial charge in [-0.15, -0.1) is 0 Å². The highest BCUT2D eigenvalue weighted by Crippen LogP contribution is 2.32. The van der Waals surface area contributed by atoms with Gasteiger partial charge in [-0.05, 0) is 60.5 Å². The minimum atomic E-state index is -4.24. The molecule has 36 heavy (non-hydrogen) atoms. The van der Waals surface area contributed by atoms with Crippen molar-refractivity contribution in [3.63, 3.8) is 0 Å². The highest BCUT2D eigenvalue weighted by atomic mass is 32.2. The molecule has 1 atom stereocenters. The van der Waals surface area contributed by atoms with Crippen LogP contribution in [-0.4, -0.2) is 42.2 Å². The van der Waals surface area contributed by atoms with Gasteiger partial charge < -0.3 is 19.5 Å². The van der Waals surface area contributed by atoms with Crippen molar-refractivity contribution in [2.75, 3.05) is 32.2 Å². The molecule has 0 aromatic heterocycles. The fourth-order valence-electron chi connectivity index (χ4n) is 3.65. The van der Waals surface area contributed by atoms with Crippen molar-refractivity contribution in [3.8, 4) is 17.2 Å². The Morgan fingerprint density at radius 1 is 0.917 bits per heavy atom. The molecule has 0 saturated carbocycles. The van der Waals surface area contributed by atoms with Gasteiger partial charge in [-0.25, -0.2) is 12.8 Å². The molecule has 10 heteroatoms. The van der Waals surface area contributed by atoms with Crippen molar-refractivity contribution in [2.24, 2.45) is 0 Å². The zero-order valence-electron chi connectivity index (χ0n) is 20.5. The van der Waals surface area contributed by atoms with Gasteiger partial charge in [0.15, 0.2) is 11.5 Å². The van der Waals surface area contributed by atoms with E-state index in [4.69, 9.17) is 14.2 Å². The molecule has 0 heterocycles. The van der Waals surface area contributed by atoms with E-state index in [0.29, 0.717) is 17.9 Å². The normalized spacial score (nSPS) is 11.9. The van der Waals surface area contributed by atoms with Crippen LogP contribution < -0.4 is 23.8 Å². The van der Waals surface area contributed by atoms with Crippen LogP contribution in [0.4, 0.5) is 10.1 Å². The number of hydrogen-bond donors (Lipinski definition) is 1. The third kappa shape index (κ3) is 6.06. The lowest BCUT2D eigenvalue weighted by Crippen LogP contribution is -2.42. The SMILES string of the molecule is CC[C@H](NC(=O)CN(c1ccc(F)cc1)S(=O)(=O)c1ccc(OC)c(OC)c1)c1ccc(OC)cc1. The Bertz CT molecular complexity index is 1280. The number of benzene rings is 3. The second-order valence-corrected chi connectivity index (χ2v) is 9.67. The van der Waals surface area contributed by atoms with E-state index < -0.39 is 28.3 Å². The van der Waals surface area contributed by atoms with Crippen LogP contribution in [0.5, 0.6) is 17.2 Å². The van der Waals surface area contributed by atoms with E-state index >= 15 is 0 Å². The Balaban J connectivity index is 1.93. The molecule has 8 nitrogen and oxygen atoms in total. The molecule has 1 N–H and O–H groups in total. The van der Waals surface area contributed by atoms with E-state index in [1.54, 1.807) is 19.2 Å². The van der Waals surface area contributed by atoms with Crippen LogP contribution in [0.15, 0.2) is 71.6 Å². The predicted molar refractivity (Wildman–Crippen MR) is 135 cm³/mol. The molecule has 3 rings (SSSR count). The smallest absolute Gasteiger partial charge is 0.264 e. The van der Waals surface area contributed by atoms with Crippen molar-refractivity contribution in [1.82, 2.24) is 5.32 Å². The maximum absolute atomic E-state index is 13.7. The highest BCUT2D eigenvalue weighted by Gasteiger charge is 2.29. The summed E-state index contributed by atoms with van der Waals surface area (Å²) in [4.78, 5) is 13.0. The van der Waals surface area contributed by atoms with E-state index in [1.165, 1.54) is 44.6 Å². The largest absolute Gasteiger partial charge is 0.497 e. The Kier molecular flexibility index (Phi) is 8.76. The van der Waals surface area contributed by atoms with Gasteiger partial charge in [0.25, 0.3) is 10.0 Å². The first-order valence-corrected chi connectivity index (χ1v) is 12.6. The van der Waals surface area contributed by atoms with Gasteiger partial charge in [0.2, 0.25) is 5.91 Å². The molecule has 192 valence electrons. The van der Waals surface area contributed by atoms with Crippen molar-refractivity contribution in [2.45, 2.75) is 24.3 Å². The molecule has 0 radical (unpaired) electrons. The average Bonchev–Trinajstić information content (AvgIpc) is 2.90. The summed E-state index contributed by atoms with van der Waals surface area (Å²) in [5.41, 5.74) is 0.988. The summed E-state index contributed by atoms with van der Waals surface area (Å²) < 4.78 is 57.5. The minimum Gasteiger partial charge on any atom is -0.497 e. The second kappa shape index (κ2) is 11.8. The standard InChI is InChI=1S/C26H29FN2O6S/c1-5-23(18-6-12-21(33-2)13-7-18)28-26(30)17-29(20-10-8-19(27)9-11-20)36(31,32)22-14-15-24(34-3)25(16-22)35-4/h6-16,23H,5,17H2,1-4H3,(H,28,30)/t23-/m0/s1. The van der Waals surface area contributed by atoms with E-state index in [9.17, 15) is 17.6 Å². The number of sulfonamides is 1. The number of amides is 1. The van der Waals surface area contributed by atoms with Crippen LogP contribution in [0, 0.1) is 5.82 Å². The second-order valence-electron chi connectivity index (χ2n) is 7.81. The number of carbonyl (C=O) groups is 1.